The topological polar surface area (TPSA) is 141 Å². The van der Waals surface area contributed by atoms with Gasteiger partial charge in [0.25, 0.3) is 15.7 Å². The smallest absolute Gasteiger partial charge is 0.302 e. The summed E-state index contributed by atoms with van der Waals surface area (Å²) >= 11 is 0. The molecule has 10 nitrogen and oxygen atoms in total. The van der Waals surface area contributed by atoms with Crippen molar-refractivity contribution in [3.63, 3.8) is 0 Å². The number of hydrogen-bond donors (Lipinski definition) is 1. The maximum Gasteiger partial charge on any atom is 0.302 e. The first-order chi connectivity index (χ1) is 10.8. The molecule has 0 saturated carbocycles. The van der Waals surface area contributed by atoms with Gasteiger partial charge in [-0.15, -0.1) is 0 Å². The minimum Gasteiger partial charge on any atom is -0.497 e. The third kappa shape index (κ3) is 3.58. The summed E-state index contributed by atoms with van der Waals surface area (Å²) in [5.41, 5.74) is -0.723. The lowest BCUT2D eigenvalue weighted by molar-refractivity contribution is -0.387. The molecule has 0 radical (unpaired) electrons. The first-order valence-electron chi connectivity index (χ1n) is 6.02. The zero-order chi connectivity index (χ0) is 17.0. The second kappa shape index (κ2) is 6.36. The number of ether oxygens (including phenoxy) is 1. The number of aromatic nitrogens is 2. The van der Waals surface area contributed by atoms with E-state index < -0.39 is 31.4 Å². The Morgan fingerprint density at radius 3 is 2.52 bits per heavy atom. The van der Waals surface area contributed by atoms with Crippen LogP contribution in [0.25, 0.3) is 0 Å². The number of sulfonamides is 1. The molecule has 120 valence electrons. The molecule has 2 rings (SSSR count). The average molecular weight is 338 g/mol. The largest absolute Gasteiger partial charge is 0.497 e. The van der Waals surface area contributed by atoms with Crippen molar-refractivity contribution in [1.82, 2.24) is 14.7 Å². The lowest BCUT2D eigenvalue weighted by atomic mass is 10.3. The minimum absolute atomic E-state index is 0.105. The molecule has 0 aliphatic carbocycles. The van der Waals surface area contributed by atoms with Crippen molar-refractivity contribution in [1.29, 1.82) is 0 Å². The van der Waals surface area contributed by atoms with Crippen molar-refractivity contribution in [2.45, 2.75) is 4.90 Å². The second-order valence-corrected chi connectivity index (χ2v) is 5.75. The molecular formula is C12H10N4O6S. The molecule has 0 bridgehead atoms. The molecule has 23 heavy (non-hydrogen) atoms. The number of hydrogen-bond acceptors (Lipinski definition) is 8. The zero-order valence-corrected chi connectivity index (χ0v) is 12.5. The lowest BCUT2D eigenvalue weighted by Crippen LogP contribution is -2.32. The van der Waals surface area contributed by atoms with Gasteiger partial charge < -0.3 is 4.74 Å². The Morgan fingerprint density at radius 1 is 1.30 bits per heavy atom. The third-order valence-electron chi connectivity index (χ3n) is 2.65. The van der Waals surface area contributed by atoms with Crippen molar-refractivity contribution in [3.05, 3.63) is 52.6 Å². The molecule has 11 heteroatoms. The Hall–Kier alpha value is -3.08. The molecule has 1 N–H and O–H groups in total. The quantitative estimate of drug-likeness (QED) is 0.614. The Balaban J connectivity index is 2.40. The van der Waals surface area contributed by atoms with E-state index in [1.54, 1.807) is 4.72 Å². The highest BCUT2D eigenvalue weighted by Crippen LogP contribution is 2.28. The van der Waals surface area contributed by atoms with Gasteiger partial charge in [-0.2, -0.15) is 0 Å². The maximum absolute atomic E-state index is 12.2. The number of nitro groups is 1. The first kappa shape index (κ1) is 16.3. The molecular weight excluding hydrogens is 328 g/mol. The molecule has 1 heterocycles. The molecule has 1 aromatic heterocycles. The van der Waals surface area contributed by atoms with Crippen molar-refractivity contribution in [2.75, 3.05) is 7.11 Å². The van der Waals surface area contributed by atoms with Crippen LogP contribution in [0.4, 0.5) is 5.69 Å². The number of amides is 1. The lowest BCUT2D eigenvalue weighted by Gasteiger charge is -2.07. The van der Waals surface area contributed by atoms with E-state index in [1.165, 1.54) is 31.6 Å². The summed E-state index contributed by atoms with van der Waals surface area (Å²) < 4.78 is 30.9. The molecule has 0 fully saturated rings. The number of nitrogens with one attached hydrogen (secondary N) is 1. The van der Waals surface area contributed by atoms with Crippen LogP contribution in [0.15, 0.2) is 41.6 Å². The Kier molecular flexibility index (Phi) is 4.50. The average Bonchev–Trinajstić information content (AvgIpc) is 2.54. The predicted octanol–water partition coefficient (Wildman–Crippen LogP) is 0.512. The van der Waals surface area contributed by atoms with Crippen molar-refractivity contribution in [3.8, 4) is 5.75 Å². The molecule has 1 aromatic carbocycles. The highest BCUT2D eigenvalue weighted by molar-refractivity contribution is 7.90. The van der Waals surface area contributed by atoms with Gasteiger partial charge in [-0.05, 0) is 18.2 Å². The van der Waals surface area contributed by atoms with Crippen LogP contribution in [-0.4, -0.2) is 36.3 Å². The number of nitro benzene ring substituents is 1. The third-order valence-corrected chi connectivity index (χ3v) is 4.03. The van der Waals surface area contributed by atoms with Gasteiger partial charge in [-0.3, -0.25) is 14.9 Å². The molecule has 0 atom stereocenters. The number of methoxy groups -OCH3 is 1. The number of carbonyl (C=O) groups excluding carboxylic acids is 1. The van der Waals surface area contributed by atoms with E-state index in [1.807, 2.05) is 0 Å². The summed E-state index contributed by atoms with van der Waals surface area (Å²) in [7, 11) is -3.21. The molecule has 0 saturated heterocycles. The van der Waals surface area contributed by atoms with E-state index in [0.29, 0.717) is 0 Å². The highest BCUT2D eigenvalue weighted by Gasteiger charge is 2.29. The summed E-state index contributed by atoms with van der Waals surface area (Å²) in [6.07, 6.45) is 2.51. The SMILES string of the molecule is COc1ccc(S(=O)(=O)NC(=O)c2ncccn2)c([N+](=O)[O-])c1. The van der Waals surface area contributed by atoms with Gasteiger partial charge in [-0.1, -0.05) is 0 Å². The summed E-state index contributed by atoms with van der Waals surface area (Å²) in [4.78, 5) is 28.5. The summed E-state index contributed by atoms with van der Waals surface area (Å²) in [6, 6.07) is 4.58. The van der Waals surface area contributed by atoms with E-state index in [0.717, 1.165) is 12.1 Å². The fourth-order valence-corrected chi connectivity index (χ4v) is 2.73. The van der Waals surface area contributed by atoms with Gasteiger partial charge in [-0.25, -0.2) is 23.1 Å². The van der Waals surface area contributed by atoms with Crippen molar-refractivity contribution in [2.24, 2.45) is 0 Å². The number of nitrogens with zero attached hydrogens (tertiary/aromatic N) is 3. The van der Waals surface area contributed by atoms with E-state index in [9.17, 15) is 23.3 Å². The molecule has 1 amide bonds. The minimum atomic E-state index is -4.49. The predicted molar refractivity (Wildman–Crippen MR) is 76.3 cm³/mol. The standard InChI is InChI=1S/C12H10N4O6S/c1-22-8-3-4-10(9(7-8)16(18)19)23(20,21)15-12(17)11-13-5-2-6-14-11/h2-7H,1H3,(H,15,17). The van der Waals surface area contributed by atoms with Gasteiger partial charge >= 0.3 is 5.91 Å². The van der Waals surface area contributed by atoms with E-state index in [4.69, 9.17) is 4.74 Å². The number of rotatable bonds is 5. The molecule has 0 aliphatic heterocycles. The van der Waals surface area contributed by atoms with Crippen LogP contribution in [0.1, 0.15) is 10.6 Å². The molecule has 0 unspecified atom stereocenters. The van der Waals surface area contributed by atoms with E-state index in [-0.39, 0.29) is 11.6 Å². The van der Waals surface area contributed by atoms with Crippen LogP contribution in [0.2, 0.25) is 0 Å². The van der Waals surface area contributed by atoms with Crippen LogP contribution in [0.5, 0.6) is 5.75 Å². The maximum atomic E-state index is 12.2. The first-order valence-corrected chi connectivity index (χ1v) is 7.50. The number of benzene rings is 1. The Bertz CT molecular complexity index is 853. The van der Waals surface area contributed by atoms with Gasteiger partial charge in [0.1, 0.15) is 5.75 Å². The summed E-state index contributed by atoms with van der Waals surface area (Å²) in [5, 5.41) is 11.0. The fourth-order valence-electron chi connectivity index (χ4n) is 1.63. The van der Waals surface area contributed by atoms with Crippen molar-refractivity contribution < 1.29 is 22.9 Å². The summed E-state index contributed by atoms with van der Waals surface area (Å²) in [5.74, 6) is -1.38. The highest BCUT2D eigenvalue weighted by atomic mass is 32.2. The van der Waals surface area contributed by atoms with Crippen LogP contribution in [0, 0.1) is 10.1 Å². The van der Waals surface area contributed by atoms with Crippen LogP contribution >= 0.6 is 0 Å². The van der Waals surface area contributed by atoms with Crippen molar-refractivity contribution >= 4 is 21.6 Å². The fraction of sp³-hybridized carbons (Fsp3) is 0.0833. The molecule has 0 spiro atoms. The van der Waals surface area contributed by atoms with E-state index in [2.05, 4.69) is 9.97 Å². The van der Waals surface area contributed by atoms with Crippen LogP contribution in [-0.2, 0) is 10.0 Å². The van der Waals surface area contributed by atoms with Crippen LogP contribution in [0.3, 0.4) is 0 Å². The van der Waals surface area contributed by atoms with Crippen LogP contribution < -0.4 is 9.46 Å². The second-order valence-electron chi connectivity index (χ2n) is 4.10. The molecule has 0 aliphatic rings. The Morgan fingerprint density at radius 2 is 1.96 bits per heavy atom. The van der Waals surface area contributed by atoms with Gasteiger partial charge in [0.2, 0.25) is 5.82 Å². The normalized spacial score (nSPS) is 10.8. The Labute approximate surface area is 130 Å². The monoisotopic (exact) mass is 338 g/mol. The zero-order valence-electron chi connectivity index (χ0n) is 11.7. The molecule has 2 aromatic rings. The summed E-state index contributed by atoms with van der Waals surface area (Å²) in [6.45, 7) is 0. The number of carbonyl (C=O) groups is 1. The van der Waals surface area contributed by atoms with Gasteiger partial charge in [0.05, 0.1) is 18.1 Å². The van der Waals surface area contributed by atoms with E-state index >= 15 is 0 Å². The van der Waals surface area contributed by atoms with Gasteiger partial charge in [0.15, 0.2) is 4.90 Å². The van der Waals surface area contributed by atoms with Gasteiger partial charge in [0, 0.05) is 12.4 Å².